The predicted molar refractivity (Wildman–Crippen MR) is 97.9 cm³/mol. The Morgan fingerprint density at radius 3 is 2.80 bits per heavy atom. The molecule has 2 rings (SSSR count). The smallest absolute Gasteiger partial charge is 0.303 e. The zero-order valence-electron chi connectivity index (χ0n) is 13.1. The van der Waals surface area contributed by atoms with Gasteiger partial charge in [-0.2, -0.15) is 0 Å². The summed E-state index contributed by atoms with van der Waals surface area (Å²) in [5.41, 5.74) is 0.652. The molecule has 7 nitrogen and oxygen atoms in total. The third-order valence-corrected chi connectivity index (χ3v) is 4.61. The van der Waals surface area contributed by atoms with Gasteiger partial charge in [-0.25, -0.2) is 0 Å². The molecule has 1 aliphatic rings. The van der Waals surface area contributed by atoms with Crippen molar-refractivity contribution in [2.75, 3.05) is 13.1 Å². The summed E-state index contributed by atoms with van der Waals surface area (Å²) in [4.78, 5) is 36.2. The number of amides is 2. The van der Waals surface area contributed by atoms with Crippen LogP contribution < -0.4 is 5.32 Å². The Bertz CT molecular complexity index is 748. The van der Waals surface area contributed by atoms with E-state index in [-0.39, 0.29) is 35.5 Å². The predicted octanol–water partition coefficient (Wildman–Crippen LogP) is 1.57. The van der Waals surface area contributed by atoms with Gasteiger partial charge in [0, 0.05) is 13.0 Å². The second-order valence-corrected chi connectivity index (χ2v) is 6.89. The van der Waals surface area contributed by atoms with Gasteiger partial charge in [0.1, 0.15) is 16.6 Å². The summed E-state index contributed by atoms with van der Waals surface area (Å²) in [5, 5.41) is 20.6. The van der Waals surface area contributed by atoms with Crippen LogP contribution in [0.1, 0.15) is 18.4 Å². The maximum Gasteiger partial charge on any atom is 0.303 e. The Morgan fingerprint density at radius 1 is 1.36 bits per heavy atom. The van der Waals surface area contributed by atoms with Crippen LogP contribution in [0.2, 0.25) is 0 Å². The van der Waals surface area contributed by atoms with Crippen molar-refractivity contribution < 1.29 is 24.6 Å². The van der Waals surface area contributed by atoms with E-state index in [0.29, 0.717) is 16.9 Å². The molecule has 1 aromatic rings. The topological polar surface area (TPSA) is 107 Å². The first-order valence-electron chi connectivity index (χ1n) is 7.39. The van der Waals surface area contributed by atoms with E-state index < -0.39 is 11.9 Å². The summed E-state index contributed by atoms with van der Waals surface area (Å²) < 4.78 is 0.275. The lowest BCUT2D eigenvalue weighted by Gasteiger charge is -2.13. The number of aromatic hydroxyl groups is 1. The standard InChI is InChI=1S/C16H16N2O5S2/c19-11-4-1-3-10(7-11)8-12-15(23)18(16(24)25-12)9-13(20)17-6-2-5-14(21)22/h1,3-4,7-8,19H,2,5-6,9H2,(H,17,20)(H,21,22)/b12-8-. The van der Waals surface area contributed by atoms with Crippen molar-refractivity contribution in [3.05, 3.63) is 34.7 Å². The van der Waals surface area contributed by atoms with Gasteiger partial charge in [-0.15, -0.1) is 0 Å². The molecule has 0 saturated carbocycles. The van der Waals surface area contributed by atoms with Crippen LogP contribution in [0.5, 0.6) is 5.75 Å². The second-order valence-electron chi connectivity index (χ2n) is 5.21. The molecule has 1 saturated heterocycles. The highest BCUT2D eigenvalue weighted by Crippen LogP contribution is 2.32. The summed E-state index contributed by atoms with van der Waals surface area (Å²) in [6, 6.07) is 6.44. The van der Waals surface area contributed by atoms with Crippen LogP contribution in [-0.2, 0) is 14.4 Å². The number of nitrogens with zero attached hydrogens (tertiary/aromatic N) is 1. The highest BCUT2D eigenvalue weighted by atomic mass is 32.2. The number of carboxylic acid groups (broad SMARTS) is 1. The van der Waals surface area contributed by atoms with E-state index in [9.17, 15) is 19.5 Å². The molecule has 1 fully saturated rings. The molecule has 0 radical (unpaired) electrons. The number of nitrogens with one attached hydrogen (secondary N) is 1. The van der Waals surface area contributed by atoms with Crippen molar-refractivity contribution in [2.45, 2.75) is 12.8 Å². The van der Waals surface area contributed by atoms with Crippen LogP contribution in [0, 0.1) is 0 Å². The third kappa shape index (κ3) is 5.57. The zero-order chi connectivity index (χ0) is 18.4. The largest absolute Gasteiger partial charge is 0.508 e. The number of aliphatic carboxylic acids is 1. The molecule has 132 valence electrons. The van der Waals surface area contributed by atoms with Crippen molar-refractivity contribution in [1.82, 2.24) is 10.2 Å². The van der Waals surface area contributed by atoms with Crippen LogP contribution >= 0.6 is 24.0 Å². The number of thiocarbonyl (C=S) groups is 1. The van der Waals surface area contributed by atoms with E-state index in [1.54, 1.807) is 18.2 Å². The minimum Gasteiger partial charge on any atom is -0.508 e. The maximum absolute atomic E-state index is 12.4. The van der Waals surface area contributed by atoms with Gasteiger partial charge in [-0.3, -0.25) is 19.3 Å². The fraction of sp³-hybridized carbons (Fsp3) is 0.250. The van der Waals surface area contributed by atoms with Crippen molar-refractivity contribution in [1.29, 1.82) is 0 Å². The number of phenolic OH excluding ortho intramolecular Hbond substituents is 1. The Balaban J connectivity index is 1.94. The molecule has 0 aliphatic carbocycles. The van der Waals surface area contributed by atoms with E-state index in [1.807, 2.05) is 0 Å². The molecule has 0 bridgehead atoms. The average molecular weight is 380 g/mol. The number of thioether (sulfide) groups is 1. The minimum atomic E-state index is -0.928. The van der Waals surface area contributed by atoms with E-state index in [2.05, 4.69) is 5.32 Å². The minimum absolute atomic E-state index is 0.0337. The molecule has 0 aromatic heterocycles. The number of carboxylic acids is 1. The zero-order valence-corrected chi connectivity index (χ0v) is 14.7. The van der Waals surface area contributed by atoms with E-state index >= 15 is 0 Å². The Morgan fingerprint density at radius 2 is 2.12 bits per heavy atom. The molecule has 1 heterocycles. The lowest BCUT2D eigenvalue weighted by molar-refractivity contribution is -0.137. The third-order valence-electron chi connectivity index (χ3n) is 3.23. The quantitative estimate of drug-likeness (QED) is 0.374. The first kappa shape index (κ1) is 18.9. The van der Waals surface area contributed by atoms with Gasteiger partial charge in [0.05, 0.1) is 4.91 Å². The van der Waals surface area contributed by atoms with Crippen molar-refractivity contribution in [3.8, 4) is 5.75 Å². The maximum atomic E-state index is 12.4. The van der Waals surface area contributed by atoms with Gasteiger partial charge in [-0.05, 0) is 30.2 Å². The molecule has 3 N–H and O–H groups in total. The SMILES string of the molecule is O=C(O)CCCNC(=O)CN1C(=O)/C(=C/c2cccc(O)c2)SC1=S. The van der Waals surface area contributed by atoms with Crippen LogP contribution in [0.25, 0.3) is 6.08 Å². The summed E-state index contributed by atoms with van der Waals surface area (Å²) in [7, 11) is 0. The van der Waals surface area contributed by atoms with Crippen LogP contribution in [0.3, 0.4) is 0 Å². The van der Waals surface area contributed by atoms with Crippen LogP contribution in [-0.4, -0.2) is 50.3 Å². The summed E-state index contributed by atoms with van der Waals surface area (Å²) >= 11 is 6.23. The number of rotatable bonds is 7. The fourth-order valence-electron chi connectivity index (χ4n) is 2.07. The fourth-order valence-corrected chi connectivity index (χ4v) is 3.32. The number of carbonyl (C=O) groups is 3. The first-order valence-corrected chi connectivity index (χ1v) is 8.62. The summed E-state index contributed by atoms with van der Waals surface area (Å²) in [6.45, 7) is 0.00811. The second kappa shape index (κ2) is 8.63. The van der Waals surface area contributed by atoms with E-state index in [4.69, 9.17) is 17.3 Å². The normalized spacial score (nSPS) is 15.7. The van der Waals surface area contributed by atoms with Gasteiger partial charge >= 0.3 is 5.97 Å². The lowest BCUT2D eigenvalue weighted by atomic mass is 10.2. The molecule has 0 atom stereocenters. The van der Waals surface area contributed by atoms with Crippen molar-refractivity contribution in [2.24, 2.45) is 0 Å². The van der Waals surface area contributed by atoms with E-state index in [0.717, 1.165) is 11.8 Å². The van der Waals surface area contributed by atoms with E-state index in [1.165, 1.54) is 17.0 Å². The van der Waals surface area contributed by atoms with Gasteiger partial charge in [0.15, 0.2) is 0 Å². The molecule has 25 heavy (non-hydrogen) atoms. The highest BCUT2D eigenvalue weighted by molar-refractivity contribution is 8.26. The molecule has 0 spiro atoms. The van der Waals surface area contributed by atoms with Gasteiger partial charge in [0.2, 0.25) is 5.91 Å². The number of phenols is 1. The lowest BCUT2D eigenvalue weighted by Crippen LogP contribution is -2.39. The van der Waals surface area contributed by atoms with Gasteiger partial charge in [0.25, 0.3) is 5.91 Å². The average Bonchev–Trinajstić information content (AvgIpc) is 2.79. The molecule has 9 heteroatoms. The van der Waals surface area contributed by atoms with Gasteiger partial charge < -0.3 is 15.5 Å². The van der Waals surface area contributed by atoms with Crippen molar-refractivity contribution in [3.63, 3.8) is 0 Å². The monoisotopic (exact) mass is 380 g/mol. The number of benzene rings is 1. The number of hydrogen-bond acceptors (Lipinski definition) is 6. The summed E-state index contributed by atoms with van der Waals surface area (Å²) in [6.07, 6.45) is 1.88. The molecule has 2 amide bonds. The number of hydrogen-bond donors (Lipinski definition) is 3. The van der Waals surface area contributed by atoms with Crippen LogP contribution in [0.15, 0.2) is 29.2 Å². The Hall–Kier alpha value is -2.39. The molecule has 1 aliphatic heterocycles. The van der Waals surface area contributed by atoms with Crippen LogP contribution in [0.4, 0.5) is 0 Å². The summed E-state index contributed by atoms with van der Waals surface area (Å²) in [5.74, 6) is -1.62. The van der Waals surface area contributed by atoms with Gasteiger partial charge in [-0.1, -0.05) is 36.1 Å². The highest BCUT2D eigenvalue weighted by Gasteiger charge is 2.33. The first-order chi connectivity index (χ1) is 11.9. The Labute approximate surface area is 153 Å². The Kier molecular flexibility index (Phi) is 6.54. The van der Waals surface area contributed by atoms with Crippen molar-refractivity contribution >= 4 is 52.2 Å². The molecule has 1 aromatic carbocycles. The number of carbonyl (C=O) groups excluding carboxylic acids is 2. The molecular formula is C16H16N2O5S2. The molecular weight excluding hydrogens is 364 g/mol. The molecule has 0 unspecified atom stereocenters.